The van der Waals surface area contributed by atoms with Gasteiger partial charge in [-0.3, -0.25) is 0 Å². The van der Waals surface area contributed by atoms with Gasteiger partial charge in [0.15, 0.2) is 6.29 Å². The molecule has 0 radical (unpaired) electrons. The molecule has 2 heterocycles. The summed E-state index contributed by atoms with van der Waals surface area (Å²) in [5.41, 5.74) is 0.147. The van der Waals surface area contributed by atoms with E-state index in [1.54, 1.807) is 6.08 Å². The lowest BCUT2D eigenvalue weighted by atomic mass is 10.2. The summed E-state index contributed by atoms with van der Waals surface area (Å²) in [5.74, 6) is -0.997. The van der Waals surface area contributed by atoms with Crippen LogP contribution in [0.4, 0.5) is 13.2 Å². The number of rotatable bonds is 2. The number of ether oxygens (including phenoxy) is 1. The normalized spacial score (nSPS) is 17.0. The highest BCUT2D eigenvalue weighted by Crippen LogP contribution is 2.34. The molecule has 17 heavy (non-hydrogen) atoms. The van der Waals surface area contributed by atoms with Gasteiger partial charge < -0.3 is 14.4 Å². The van der Waals surface area contributed by atoms with Crippen LogP contribution in [0, 0.1) is 0 Å². The van der Waals surface area contributed by atoms with E-state index in [4.69, 9.17) is 0 Å². The standard InChI is InChI=1S/C10H11F3N2O2/c1-17-8(16)7-6-4-2-3-5-15(6)9(14-7)10(11,12)13/h2,4,8,16H,3,5H2,1H3. The molecule has 0 bridgehead atoms. The number of nitrogens with zero attached hydrogens (tertiary/aromatic N) is 2. The molecule has 4 nitrogen and oxygen atoms in total. The van der Waals surface area contributed by atoms with Gasteiger partial charge in [-0.05, 0) is 12.5 Å². The average Bonchev–Trinajstić information content (AvgIpc) is 2.67. The van der Waals surface area contributed by atoms with E-state index < -0.39 is 18.3 Å². The van der Waals surface area contributed by atoms with Gasteiger partial charge in [-0.15, -0.1) is 0 Å². The van der Waals surface area contributed by atoms with Gasteiger partial charge in [0.1, 0.15) is 5.69 Å². The van der Waals surface area contributed by atoms with Crippen LogP contribution in [0.25, 0.3) is 6.08 Å². The lowest BCUT2D eigenvalue weighted by molar-refractivity contribution is -0.147. The van der Waals surface area contributed by atoms with E-state index in [1.807, 2.05) is 0 Å². The van der Waals surface area contributed by atoms with E-state index in [0.717, 1.165) is 4.57 Å². The van der Waals surface area contributed by atoms with Gasteiger partial charge in [0, 0.05) is 13.7 Å². The van der Waals surface area contributed by atoms with Gasteiger partial charge >= 0.3 is 6.18 Å². The largest absolute Gasteiger partial charge is 0.449 e. The van der Waals surface area contributed by atoms with Gasteiger partial charge in [-0.2, -0.15) is 13.2 Å². The Labute approximate surface area is 95.3 Å². The van der Waals surface area contributed by atoms with Crippen LogP contribution in [0.2, 0.25) is 0 Å². The van der Waals surface area contributed by atoms with Crippen molar-refractivity contribution in [2.24, 2.45) is 0 Å². The molecule has 0 spiro atoms. The minimum absolute atomic E-state index is 0.101. The second kappa shape index (κ2) is 4.15. The quantitative estimate of drug-likeness (QED) is 0.814. The zero-order valence-corrected chi connectivity index (χ0v) is 9.03. The van der Waals surface area contributed by atoms with Crippen LogP contribution in [0.3, 0.4) is 0 Å². The van der Waals surface area contributed by atoms with Crippen molar-refractivity contribution in [1.82, 2.24) is 9.55 Å². The minimum atomic E-state index is -4.54. The number of hydrogen-bond donors (Lipinski definition) is 1. The number of allylic oxidation sites excluding steroid dienone is 1. The number of halogens is 3. The summed E-state index contributed by atoms with van der Waals surface area (Å²) in [7, 11) is 1.20. The molecule has 1 aromatic heterocycles. The third kappa shape index (κ3) is 2.07. The summed E-state index contributed by atoms with van der Waals surface area (Å²) in [6, 6.07) is 0. The summed E-state index contributed by atoms with van der Waals surface area (Å²) in [4.78, 5) is 3.45. The molecule has 0 saturated carbocycles. The van der Waals surface area contributed by atoms with Crippen molar-refractivity contribution >= 4 is 6.08 Å². The third-order valence-electron chi connectivity index (χ3n) is 2.54. The lowest BCUT2D eigenvalue weighted by Gasteiger charge is -2.14. The van der Waals surface area contributed by atoms with Crippen LogP contribution < -0.4 is 0 Å². The second-order valence-electron chi connectivity index (χ2n) is 3.63. The Morgan fingerprint density at radius 1 is 1.53 bits per heavy atom. The fourth-order valence-corrected chi connectivity index (χ4v) is 1.79. The maximum Gasteiger partial charge on any atom is 0.449 e. The molecule has 1 unspecified atom stereocenters. The summed E-state index contributed by atoms with van der Waals surface area (Å²) >= 11 is 0. The first kappa shape index (κ1) is 12.1. The molecule has 0 aromatic carbocycles. The maximum absolute atomic E-state index is 12.7. The Morgan fingerprint density at radius 3 is 2.82 bits per heavy atom. The fraction of sp³-hybridized carbons (Fsp3) is 0.500. The highest BCUT2D eigenvalue weighted by atomic mass is 19.4. The SMILES string of the molecule is COC(O)c1nc(C(F)(F)F)n2c1C=CCC2. The van der Waals surface area contributed by atoms with E-state index in [2.05, 4.69) is 9.72 Å². The maximum atomic E-state index is 12.7. The van der Waals surface area contributed by atoms with Crippen LogP contribution in [0.1, 0.15) is 29.9 Å². The highest BCUT2D eigenvalue weighted by molar-refractivity contribution is 5.51. The number of hydrogen-bond acceptors (Lipinski definition) is 3. The van der Waals surface area contributed by atoms with Crippen molar-refractivity contribution in [2.75, 3.05) is 7.11 Å². The van der Waals surface area contributed by atoms with Crippen molar-refractivity contribution in [3.05, 3.63) is 23.3 Å². The van der Waals surface area contributed by atoms with E-state index >= 15 is 0 Å². The molecule has 7 heteroatoms. The molecular weight excluding hydrogens is 237 g/mol. The number of fused-ring (bicyclic) bond motifs is 1. The smallest absolute Gasteiger partial charge is 0.363 e. The zero-order chi connectivity index (χ0) is 12.6. The first-order chi connectivity index (χ1) is 7.95. The van der Waals surface area contributed by atoms with Crippen LogP contribution in [0.5, 0.6) is 0 Å². The van der Waals surface area contributed by atoms with E-state index in [9.17, 15) is 18.3 Å². The van der Waals surface area contributed by atoms with Gasteiger partial charge in [0.2, 0.25) is 5.82 Å². The molecule has 1 aliphatic rings. The number of imidazole rings is 1. The number of aromatic nitrogens is 2. The van der Waals surface area contributed by atoms with Crippen LogP contribution in [0.15, 0.2) is 6.08 Å². The van der Waals surface area contributed by atoms with Crippen molar-refractivity contribution in [2.45, 2.75) is 25.4 Å². The monoisotopic (exact) mass is 248 g/mol. The molecule has 94 valence electrons. The molecule has 1 atom stereocenters. The minimum Gasteiger partial charge on any atom is -0.363 e. The van der Waals surface area contributed by atoms with Gasteiger partial charge in [-0.25, -0.2) is 4.98 Å². The van der Waals surface area contributed by atoms with E-state index in [0.29, 0.717) is 6.42 Å². The number of alkyl halides is 3. The van der Waals surface area contributed by atoms with Crippen molar-refractivity contribution in [1.29, 1.82) is 0 Å². The molecule has 0 fully saturated rings. The van der Waals surface area contributed by atoms with E-state index in [-0.39, 0.29) is 17.9 Å². The molecule has 1 aliphatic heterocycles. The van der Waals surface area contributed by atoms with Crippen LogP contribution in [-0.4, -0.2) is 21.8 Å². The number of aliphatic hydroxyl groups excluding tert-OH is 1. The van der Waals surface area contributed by atoms with Crippen molar-refractivity contribution in [3.8, 4) is 0 Å². The average molecular weight is 248 g/mol. The van der Waals surface area contributed by atoms with Gasteiger partial charge in [0.25, 0.3) is 0 Å². The van der Waals surface area contributed by atoms with E-state index in [1.165, 1.54) is 13.2 Å². The number of aliphatic hydroxyl groups is 1. The Morgan fingerprint density at radius 2 is 2.24 bits per heavy atom. The molecular formula is C10H11F3N2O2. The predicted molar refractivity (Wildman–Crippen MR) is 52.8 cm³/mol. The molecule has 1 N–H and O–H groups in total. The first-order valence-electron chi connectivity index (χ1n) is 5.00. The topological polar surface area (TPSA) is 47.3 Å². The molecule has 0 saturated heterocycles. The van der Waals surface area contributed by atoms with Gasteiger partial charge in [-0.1, -0.05) is 6.08 Å². The first-order valence-corrected chi connectivity index (χ1v) is 5.00. The van der Waals surface area contributed by atoms with Crippen molar-refractivity contribution < 1.29 is 23.0 Å². The highest BCUT2D eigenvalue weighted by Gasteiger charge is 2.39. The third-order valence-corrected chi connectivity index (χ3v) is 2.54. The van der Waals surface area contributed by atoms with Crippen LogP contribution >= 0.6 is 0 Å². The Hall–Kier alpha value is -1.34. The molecule has 1 aromatic rings. The summed E-state index contributed by atoms with van der Waals surface area (Å²) in [6.07, 6.45) is -2.22. The second-order valence-corrected chi connectivity index (χ2v) is 3.63. The lowest BCUT2D eigenvalue weighted by Crippen LogP contribution is -2.16. The zero-order valence-electron chi connectivity index (χ0n) is 9.03. The summed E-state index contributed by atoms with van der Waals surface area (Å²) < 4.78 is 43.8. The Bertz CT molecular complexity index is 451. The molecule has 0 aliphatic carbocycles. The van der Waals surface area contributed by atoms with Gasteiger partial charge in [0.05, 0.1) is 5.69 Å². The summed E-state index contributed by atoms with van der Waals surface area (Å²) in [6.45, 7) is 0.199. The predicted octanol–water partition coefficient (Wildman–Crippen LogP) is 1.96. The number of methoxy groups -OCH3 is 1. The van der Waals surface area contributed by atoms with Crippen LogP contribution in [-0.2, 0) is 17.5 Å². The summed E-state index contributed by atoms with van der Waals surface area (Å²) in [5, 5.41) is 9.47. The van der Waals surface area contributed by atoms with Crippen molar-refractivity contribution in [3.63, 3.8) is 0 Å². The Balaban J connectivity index is 2.57. The molecule has 0 amide bonds. The Kier molecular flexibility index (Phi) is 2.96. The fourth-order valence-electron chi connectivity index (χ4n) is 1.79. The molecule has 2 rings (SSSR count).